The lowest BCUT2D eigenvalue weighted by molar-refractivity contribution is 0.000575. The lowest BCUT2D eigenvalue weighted by Crippen LogP contribution is -2.31. The molecule has 1 fully saturated rings. The van der Waals surface area contributed by atoms with Gasteiger partial charge in [0.2, 0.25) is 0 Å². The van der Waals surface area contributed by atoms with Crippen molar-refractivity contribution in [1.82, 2.24) is 0 Å². The molecule has 2 unspecified atom stereocenters. The molecule has 0 aliphatic carbocycles. The standard InChI is InChI=1S/C11H18O3/c12-11(9-3-1-5-13-7-9)10-4-2-6-14-8-10/h7,10-12H,1-6,8H2. The summed E-state index contributed by atoms with van der Waals surface area (Å²) in [6.45, 7) is 2.33. The van der Waals surface area contributed by atoms with E-state index in [2.05, 4.69) is 0 Å². The van der Waals surface area contributed by atoms with E-state index in [1.54, 1.807) is 6.26 Å². The van der Waals surface area contributed by atoms with Crippen molar-refractivity contribution >= 4 is 0 Å². The van der Waals surface area contributed by atoms with Gasteiger partial charge in [-0.2, -0.15) is 0 Å². The monoisotopic (exact) mass is 198 g/mol. The van der Waals surface area contributed by atoms with Gasteiger partial charge in [0.15, 0.2) is 0 Å². The third-order valence-corrected chi connectivity index (χ3v) is 2.98. The van der Waals surface area contributed by atoms with E-state index >= 15 is 0 Å². The fourth-order valence-electron chi connectivity index (χ4n) is 2.12. The van der Waals surface area contributed by atoms with Gasteiger partial charge in [-0.3, -0.25) is 0 Å². The molecule has 2 atom stereocenters. The Morgan fingerprint density at radius 2 is 2.29 bits per heavy atom. The summed E-state index contributed by atoms with van der Waals surface area (Å²) in [6, 6.07) is 0. The third-order valence-electron chi connectivity index (χ3n) is 2.98. The average molecular weight is 198 g/mol. The van der Waals surface area contributed by atoms with Crippen molar-refractivity contribution in [2.24, 2.45) is 5.92 Å². The topological polar surface area (TPSA) is 38.7 Å². The van der Waals surface area contributed by atoms with Crippen LogP contribution in [0, 0.1) is 5.92 Å². The van der Waals surface area contributed by atoms with Crippen LogP contribution in [0.3, 0.4) is 0 Å². The van der Waals surface area contributed by atoms with E-state index in [4.69, 9.17) is 9.47 Å². The first kappa shape index (κ1) is 9.99. The summed E-state index contributed by atoms with van der Waals surface area (Å²) < 4.78 is 10.6. The largest absolute Gasteiger partial charge is 0.501 e. The van der Waals surface area contributed by atoms with Gasteiger partial charge in [0, 0.05) is 12.5 Å². The van der Waals surface area contributed by atoms with Gasteiger partial charge < -0.3 is 14.6 Å². The smallest absolute Gasteiger partial charge is 0.0876 e. The Balaban J connectivity index is 1.91. The Kier molecular flexibility index (Phi) is 3.43. The maximum absolute atomic E-state index is 10.1. The third kappa shape index (κ3) is 2.28. The lowest BCUT2D eigenvalue weighted by atomic mass is 9.89. The van der Waals surface area contributed by atoms with Crippen molar-refractivity contribution in [3.8, 4) is 0 Å². The molecule has 0 spiro atoms. The maximum atomic E-state index is 10.1. The molecule has 2 heterocycles. The van der Waals surface area contributed by atoms with Crippen LogP contribution in [0.15, 0.2) is 11.8 Å². The molecule has 0 bridgehead atoms. The van der Waals surface area contributed by atoms with E-state index in [-0.39, 0.29) is 12.0 Å². The second kappa shape index (κ2) is 4.80. The van der Waals surface area contributed by atoms with E-state index in [1.165, 1.54) is 0 Å². The second-order valence-corrected chi connectivity index (χ2v) is 4.09. The number of aliphatic hydroxyl groups is 1. The van der Waals surface area contributed by atoms with Crippen LogP contribution < -0.4 is 0 Å². The van der Waals surface area contributed by atoms with E-state index in [0.29, 0.717) is 6.61 Å². The highest BCUT2D eigenvalue weighted by atomic mass is 16.5. The van der Waals surface area contributed by atoms with Gasteiger partial charge in [-0.05, 0) is 31.3 Å². The normalized spacial score (nSPS) is 30.4. The molecule has 2 aliphatic rings. The molecule has 0 aromatic heterocycles. The molecule has 3 heteroatoms. The molecule has 2 rings (SSSR count). The summed E-state index contributed by atoms with van der Waals surface area (Å²) in [5.41, 5.74) is 1.05. The molecule has 0 radical (unpaired) electrons. The maximum Gasteiger partial charge on any atom is 0.0876 e. The van der Waals surface area contributed by atoms with Crippen molar-refractivity contribution in [1.29, 1.82) is 0 Å². The minimum absolute atomic E-state index is 0.275. The van der Waals surface area contributed by atoms with Gasteiger partial charge in [-0.15, -0.1) is 0 Å². The summed E-state index contributed by atoms with van der Waals surface area (Å²) in [5, 5.41) is 10.1. The Bertz CT molecular complexity index is 207. The highest BCUT2D eigenvalue weighted by molar-refractivity contribution is 5.08. The lowest BCUT2D eigenvalue weighted by Gasteiger charge is -2.29. The first-order chi connectivity index (χ1) is 6.88. The Morgan fingerprint density at radius 1 is 1.36 bits per heavy atom. The molecule has 2 aliphatic heterocycles. The van der Waals surface area contributed by atoms with E-state index in [9.17, 15) is 5.11 Å². The molecule has 0 aromatic carbocycles. The molecule has 0 aromatic rings. The van der Waals surface area contributed by atoms with Crippen LogP contribution in [0.1, 0.15) is 25.7 Å². The second-order valence-electron chi connectivity index (χ2n) is 4.09. The quantitative estimate of drug-likeness (QED) is 0.730. The predicted molar refractivity (Wildman–Crippen MR) is 52.8 cm³/mol. The molecule has 80 valence electrons. The van der Waals surface area contributed by atoms with Crippen molar-refractivity contribution in [3.05, 3.63) is 11.8 Å². The zero-order valence-electron chi connectivity index (χ0n) is 8.45. The summed E-state index contributed by atoms with van der Waals surface area (Å²) in [7, 11) is 0. The van der Waals surface area contributed by atoms with Crippen LogP contribution in [-0.4, -0.2) is 31.0 Å². The fourth-order valence-corrected chi connectivity index (χ4v) is 2.12. The SMILES string of the molecule is OC(C1=COCCC1)C1CCCOC1. The summed E-state index contributed by atoms with van der Waals surface area (Å²) in [6.07, 6.45) is 5.52. The molecule has 1 saturated heterocycles. The van der Waals surface area contributed by atoms with E-state index in [0.717, 1.165) is 44.5 Å². The summed E-state index contributed by atoms with van der Waals surface area (Å²) >= 11 is 0. The van der Waals surface area contributed by atoms with Crippen molar-refractivity contribution in [3.63, 3.8) is 0 Å². The number of hydrogen-bond donors (Lipinski definition) is 1. The zero-order valence-corrected chi connectivity index (χ0v) is 8.45. The van der Waals surface area contributed by atoms with Crippen LogP contribution in [0.2, 0.25) is 0 Å². The van der Waals surface area contributed by atoms with Crippen LogP contribution >= 0.6 is 0 Å². The number of rotatable bonds is 2. The Labute approximate surface area is 84.7 Å². The fraction of sp³-hybridized carbons (Fsp3) is 0.818. The van der Waals surface area contributed by atoms with Gasteiger partial charge in [0.1, 0.15) is 0 Å². The highest BCUT2D eigenvalue weighted by Crippen LogP contribution is 2.26. The average Bonchev–Trinajstić information content (AvgIpc) is 2.30. The van der Waals surface area contributed by atoms with Crippen molar-refractivity contribution in [2.75, 3.05) is 19.8 Å². The van der Waals surface area contributed by atoms with Gasteiger partial charge in [0.05, 0.1) is 25.6 Å². The first-order valence-electron chi connectivity index (χ1n) is 5.44. The molecule has 0 amide bonds. The molecular formula is C11H18O3. The molecule has 1 N–H and O–H groups in total. The van der Waals surface area contributed by atoms with Crippen molar-refractivity contribution in [2.45, 2.75) is 31.8 Å². The molecule has 14 heavy (non-hydrogen) atoms. The predicted octanol–water partition coefficient (Wildman–Crippen LogP) is 1.47. The molecule has 0 saturated carbocycles. The van der Waals surface area contributed by atoms with Gasteiger partial charge >= 0.3 is 0 Å². The van der Waals surface area contributed by atoms with Crippen LogP contribution in [0.5, 0.6) is 0 Å². The first-order valence-corrected chi connectivity index (χ1v) is 5.44. The minimum atomic E-state index is -0.351. The summed E-state index contributed by atoms with van der Waals surface area (Å²) in [4.78, 5) is 0. The zero-order chi connectivity index (χ0) is 9.80. The number of aliphatic hydroxyl groups excluding tert-OH is 1. The Hall–Kier alpha value is -0.540. The molecule has 3 nitrogen and oxygen atoms in total. The highest BCUT2D eigenvalue weighted by Gasteiger charge is 2.26. The number of ether oxygens (including phenoxy) is 2. The van der Waals surface area contributed by atoms with E-state index < -0.39 is 0 Å². The molecular weight excluding hydrogens is 180 g/mol. The van der Waals surface area contributed by atoms with E-state index in [1.807, 2.05) is 0 Å². The Morgan fingerprint density at radius 3 is 2.93 bits per heavy atom. The van der Waals surface area contributed by atoms with Crippen LogP contribution in [-0.2, 0) is 9.47 Å². The van der Waals surface area contributed by atoms with Crippen molar-refractivity contribution < 1.29 is 14.6 Å². The van der Waals surface area contributed by atoms with Crippen LogP contribution in [0.4, 0.5) is 0 Å². The van der Waals surface area contributed by atoms with Gasteiger partial charge in [0.25, 0.3) is 0 Å². The van der Waals surface area contributed by atoms with Crippen LogP contribution in [0.25, 0.3) is 0 Å². The number of hydrogen-bond acceptors (Lipinski definition) is 3. The van der Waals surface area contributed by atoms with Gasteiger partial charge in [-0.25, -0.2) is 0 Å². The summed E-state index contributed by atoms with van der Waals surface area (Å²) in [5.74, 6) is 0.275. The van der Waals surface area contributed by atoms with Gasteiger partial charge in [-0.1, -0.05) is 0 Å². The minimum Gasteiger partial charge on any atom is -0.501 e.